The first-order valence-corrected chi connectivity index (χ1v) is 15.6. The van der Waals surface area contributed by atoms with Crippen LogP contribution in [-0.2, 0) is 29.2 Å². The third-order valence-corrected chi connectivity index (χ3v) is 10.2. The standard InChI is InChI=1S/C27H42N4O7S/c1-17-13-21-22(33)29-27(25(36)30-39(37,38)19-11-12-19)14-18(27)9-7-5-4-6-8-10-20(23(34)31(21)15-17)28-24(35)26(2,3)16-32/h7,9,17-21,32H,4-6,8,10-16H2,1-3H3,(H,28,35)(H,29,33)(H,30,36)/b9-7-/t17-,18-,20+,21?,27-/m1/s1. The van der Waals surface area contributed by atoms with Crippen molar-refractivity contribution in [3.05, 3.63) is 12.2 Å². The Morgan fingerprint density at radius 1 is 1.18 bits per heavy atom. The van der Waals surface area contributed by atoms with Gasteiger partial charge in [-0.1, -0.05) is 31.9 Å². The smallest absolute Gasteiger partial charge is 0.259 e. The number of amides is 4. The van der Waals surface area contributed by atoms with Crippen molar-refractivity contribution >= 4 is 33.7 Å². The molecule has 1 saturated heterocycles. The van der Waals surface area contributed by atoms with E-state index in [0.29, 0.717) is 38.6 Å². The third-order valence-electron chi connectivity index (χ3n) is 8.41. The van der Waals surface area contributed by atoms with Crippen molar-refractivity contribution < 1.29 is 32.7 Å². The number of aliphatic hydroxyl groups excluding tert-OH is 1. The van der Waals surface area contributed by atoms with Gasteiger partial charge in [0.25, 0.3) is 5.91 Å². The number of sulfonamides is 1. The van der Waals surface area contributed by atoms with Crippen LogP contribution < -0.4 is 15.4 Å². The molecule has 2 aliphatic carbocycles. The number of nitrogens with zero attached hydrogens (tertiary/aromatic N) is 1. The van der Waals surface area contributed by atoms with E-state index in [-0.39, 0.29) is 30.8 Å². The van der Waals surface area contributed by atoms with E-state index in [4.69, 9.17) is 0 Å². The van der Waals surface area contributed by atoms with Crippen molar-refractivity contribution in [3.8, 4) is 0 Å². The van der Waals surface area contributed by atoms with E-state index in [2.05, 4.69) is 15.4 Å². The van der Waals surface area contributed by atoms with Gasteiger partial charge < -0.3 is 20.6 Å². The van der Waals surface area contributed by atoms with Crippen LogP contribution in [0.3, 0.4) is 0 Å². The quantitative estimate of drug-likeness (QED) is 0.345. The molecule has 218 valence electrons. The lowest BCUT2D eigenvalue weighted by Gasteiger charge is -2.31. The minimum atomic E-state index is -3.80. The molecule has 2 aliphatic heterocycles. The number of fused-ring (bicyclic) bond motifs is 2. The number of carbonyl (C=O) groups is 4. The number of allylic oxidation sites excluding steroid dienone is 1. The molecule has 4 rings (SSSR count). The van der Waals surface area contributed by atoms with Crippen molar-refractivity contribution in [1.82, 2.24) is 20.3 Å². The Balaban J connectivity index is 1.58. The highest BCUT2D eigenvalue weighted by atomic mass is 32.2. The van der Waals surface area contributed by atoms with Gasteiger partial charge in [0.05, 0.1) is 17.3 Å². The maximum atomic E-state index is 13.8. The van der Waals surface area contributed by atoms with Gasteiger partial charge >= 0.3 is 0 Å². The Kier molecular flexibility index (Phi) is 8.47. The molecule has 4 amide bonds. The number of hydrogen-bond donors (Lipinski definition) is 4. The van der Waals surface area contributed by atoms with Gasteiger partial charge in [-0.15, -0.1) is 0 Å². The summed E-state index contributed by atoms with van der Waals surface area (Å²) >= 11 is 0. The van der Waals surface area contributed by atoms with Crippen molar-refractivity contribution in [2.24, 2.45) is 17.3 Å². The highest BCUT2D eigenvalue weighted by Crippen LogP contribution is 2.46. The van der Waals surface area contributed by atoms with Crippen LogP contribution in [0.1, 0.15) is 78.6 Å². The van der Waals surface area contributed by atoms with Crippen LogP contribution in [0.2, 0.25) is 0 Å². The molecular formula is C27H42N4O7S. The van der Waals surface area contributed by atoms with Crippen LogP contribution in [0.4, 0.5) is 0 Å². The van der Waals surface area contributed by atoms with Crippen molar-refractivity contribution in [1.29, 1.82) is 0 Å². The lowest BCUT2D eigenvalue weighted by atomic mass is 9.92. The first kappa shape index (κ1) is 29.5. The summed E-state index contributed by atoms with van der Waals surface area (Å²) in [5.74, 6) is -2.36. The van der Waals surface area contributed by atoms with E-state index in [1.807, 2.05) is 19.1 Å². The molecule has 1 unspecified atom stereocenters. The summed E-state index contributed by atoms with van der Waals surface area (Å²) < 4.78 is 27.2. The zero-order chi connectivity index (χ0) is 28.6. The van der Waals surface area contributed by atoms with Crippen LogP contribution >= 0.6 is 0 Å². The number of hydrogen-bond acceptors (Lipinski definition) is 7. The van der Waals surface area contributed by atoms with Gasteiger partial charge in [0.1, 0.15) is 17.6 Å². The average Bonchev–Trinajstić information content (AvgIpc) is 3.79. The van der Waals surface area contributed by atoms with E-state index in [0.717, 1.165) is 19.3 Å². The van der Waals surface area contributed by atoms with Crippen molar-refractivity contribution in [3.63, 3.8) is 0 Å². The molecule has 4 N–H and O–H groups in total. The number of rotatable bonds is 6. The summed E-state index contributed by atoms with van der Waals surface area (Å²) in [5.41, 5.74) is -2.45. The first-order chi connectivity index (χ1) is 18.3. The molecule has 2 saturated carbocycles. The summed E-state index contributed by atoms with van der Waals surface area (Å²) in [4.78, 5) is 55.0. The molecule has 0 radical (unpaired) electrons. The lowest BCUT2D eigenvalue weighted by Crippen LogP contribution is -2.59. The van der Waals surface area contributed by atoms with Crippen LogP contribution in [0.25, 0.3) is 0 Å². The summed E-state index contributed by atoms with van der Waals surface area (Å²) in [6, 6.07) is -1.70. The fourth-order valence-electron chi connectivity index (χ4n) is 5.44. The number of carbonyl (C=O) groups excluding carboxylic acids is 4. The van der Waals surface area contributed by atoms with Crippen LogP contribution in [0, 0.1) is 17.3 Å². The molecule has 0 bridgehead atoms. The largest absolute Gasteiger partial charge is 0.395 e. The van der Waals surface area contributed by atoms with E-state index in [9.17, 15) is 32.7 Å². The molecule has 0 aromatic carbocycles. The Labute approximate surface area is 230 Å². The van der Waals surface area contributed by atoms with Gasteiger partial charge in [-0.3, -0.25) is 23.9 Å². The lowest BCUT2D eigenvalue weighted by molar-refractivity contribution is -0.144. The van der Waals surface area contributed by atoms with E-state index in [1.165, 1.54) is 4.90 Å². The highest BCUT2D eigenvalue weighted by Gasteiger charge is 2.62. The molecule has 11 nitrogen and oxygen atoms in total. The van der Waals surface area contributed by atoms with Gasteiger partial charge in [0, 0.05) is 12.5 Å². The zero-order valence-corrected chi connectivity index (χ0v) is 23.9. The normalized spacial score (nSPS) is 33.1. The van der Waals surface area contributed by atoms with Crippen LogP contribution in [0.15, 0.2) is 12.2 Å². The number of nitrogens with one attached hydrogen (secondary N) is 3. The molecule has 2 heterocycles. The zero-order valence-electron chi connectivity index (χ0n) is 23.1. The van der Waals surface area contributed by atoms with Gasteiger partial charge in [0.2, 0.25) is 27.7 Å². The average molecular weight is 567 g/mol. The summed E-state index contributed by atoms with van der Waals surface area (Å²) in [6.45, 7) is 5.08. The van der Waals surface area contributed by atoms with Gasteiger partial charge in [-0.05, 0) is 64.7 Å². The van der Waals surface area contributed by atoms with E-state index >= 15 is 0 Å². The maximum absolute atomic E-state index is 13.8. The maximum Gasteiger partial charge on any atom is 0.259 e. The van der Waals surface area contributed by atoms with E-state index < -0.39 is 56.0 Å². The molecule has 12 heteroatoms. The molecular weight excluding hydrogens is 524 g/mol. The van der Waals surface area contributed by atoms with E-state index in [1.54, 1.807) is 13.8 Å². The second-order valence-electron chi connectivity index (χ2n) is 12.4. The first-order valence-electron chi connectivity index (χ1n) is 14.1. The Morgan fingerprint density at radius 2 is 1.90 bits per heavy atom. The Bertz CT molecular complexity index is 1130. The van der Waals surface area contributed by atoms with Crippen LogP contribution in [-0.4, -0.2) is 78.1 Å². The SMILES string of the molecule is C[C@@H]1CC2C(=O)N[C@]3(C(=O)NS(=O)(=O)C4CC4)C[C@H]3/C=C\CCCCC[C@H](NC(=O)C(C)(C)CO)C(=O)N2C1. The second kappa shape index (κ2) is 11.2. The second-order valence-corrected chi connectivity index (χ2v) is 14.4. The van der Waals surface area contributed by atoms with Crippen molar-refractivity contribution in [2.75, 3.05) is 13.2 Å². The molecule has 4 aliphatic rings. The molecule has 0 spiro atoms. The van der Waals surface area contributed by atoms with Crippen LogP contribution in [0.5, 0.6) is 0 Å². The monoisotopic (exact) mass is 566 g/mol. The fourth-order valence-corrected chi connectivity index (χ4v) is 6.80. The predicted molar refractivity (Wildman–Crippen MR) is 143 cm³/mol. The Morgan fingerprint density at radius 3 is 2.56 bits per heavy atom. The van der Waals surface area contributed by atoms with Crippen molar-refractivity contribution in [2.45, 2.75) is 101 Å². The molecule has 0 aromatic rings. The van der Waals surface area contributed by atoms with Gasteiger partial charge in [-0.2, -0.15) is 0 Å². The molecule has 3 fully saturated rings. The van der Waals surface area contributed by atoms with Gasteiger partial charge in [0.15, 0.2) is 0 Å². The fraction of sp³-hybridized carbons (Fsp3) is 0.778. The molecule has 0 aromatic heterocycles. The third kappa shape index (κ3) is 6.48. The number of aliphatic hydroxyl groups is 1. The molecule has 39 heavy (non-hydrogen) atoms. The summed E-state index contributed by atoms with van der Waals surface area (Å²) in [5, 5.41) is 14.7. The highest BCUT2D eigenvalue weighted by molar-refractivity contribution is 7.91. The summed E-state index contributed by atoms with van der Waals surface area (Å²) in [7, 11) is -3.80. The Hall–Kier alpha value is -2.47. The van der Waals surface area contributed by atoms with Gasteiger partial charge in [-0.25, -0.2) is 8.42 Å². The topological polar surface area (TPSA) is 162 Å². The minimum absolute atomic E-state index is 0.0173. The summed E-state index contributed by atoms with van der Waals surface area (Å²) in [6.07, 6.45) is 9.02. The molecule has 5 atom stereocenters. The minimum Gasteiger partial charge on any atom is -0.395 e. The predicted octanol–water partition coefficient (Wildman–Crippen LogP) is 0.730.